The summed E-state index contributed by atoms with van der Waals surface area (Å²) in [6.45, 7) is 1.11. The van der Waals surface area contributed by atoms with Crippen LogP contribution in [0.15, 0.2) is 30.6 Å². The van der Waals surface area contributed by atoms with Crippen molar-refractivity contribution in [3.05, 3.63) is 46.7 Å². The number of methoxy groups -OCH3 is 1. The Bertz CT molecular complexity index is 797. The number of nitrogens with zero attached hydrogens (tertiary/aromatic N) is 3. The van der Waals surface area contributed by atoms with E-state index in [4.69, 9.17) is 21.4 Å². The molecule has 0 spiro atoms. The Hall–Kier alpha value is -2.54. The van der Waals surface area contributed by atoms with Crippen LogP contribution in [0.5, 0.6) is 5.75 Å². The van der Waals surface area contributed by atoms with Gasteiger partial charge < -0.3 is 14.7 Å². The zero-order valence-electron chi connectivity index (χ0n) is 13.7. The van der Waals surface area contributed by atoms with Crippen LogP contribution in [-0.4, -0.2) is 51.9 Å². The maximum Gasteiger partial charge on any atom is 0.338 e. The van der Waals surface area contributed by atoms with Crippen LogP contribution in [0.4, 0.5) is 0 Å². The topological polar surface area (TPSA) is 84.7 Å². The largest absolute Gasteiger partial charge is 0.496 e. The van der Waals surface area contributed by atoms with Crippen molar-refractivity contribution >= 4 is 23.5 Å². The van der Waals surface area contributed by atoms with Gasteiger partial charge in [-0.25, -0.2) is 4.79 Å². The minimum atomic E-state index is -0.994. The second-order valence-corrected chi connectivity index (χ2v) is 6.32. The van der Waals surface area contributed by atoms with E-state index in [1.54, 1.807) is 27.8 Å². The summed E-state index contributed by atoms with van der Waals surface area (Å²) in [5, 5.41) is 13.6. The Morgan fingerprint density at radius 2 is 2.04 bits per heavy atom. The number of rotatable bonds is 4. The molecule has 0 unspecified atom stereocenters. The number of hydrogen-bond acceptors (Lipinski definition) is 4. The molecule has 1 fully saturated rings. The number of likely N-dealkylation sites (tertiary alicyclic amines) is 1. The molecule has 1 amide bonds. The second kappa shape index (κ2) is 7.14. The van der Waals surface area contributed by atoms with Crippen molar-refractivity contribution in [2.45, 2.75) is 18.9 Å². The average Bonchev–Trinajstić information content (AvgIpc) is 3.11. The molecule has 1 aliphatic heterocycles. The highest BCUT2D eigenvalue weighted by atomic mass is 35.5. The van der Waals surface area contributed by atoms with Gasteiger partial charge in [-0.2, -0.15) is 5.10 Å². The molecule has 2 aromatic rings. The van der Waals surface area contributed by atoms with Crippen LogP contribution in [0, 0.1) is 0 Å². The van der Waals surface area contributed by atoms with Gasteiger partial charge >= 0.3 is 5.97 Å². The van der Waals surface area contributed by atoms with Crippen LogP contribution in [0.1, 0.15) is 39.6 Å². The van der Waals surface area contributed by atoms with Gasteiger partial charge in [0.2, 0.25) is 0 Å². The minimum absolute atomic E-state index is 0.0819. The molecule has 1 aliphatic rings. The van der Waals surface area contributed by atoms with E-state index in [0.29, 0.717) is 42.3 Å². The molecule has 2 heterocycles. The van der Waals surface area contributed by atoms with Crippen LogP contribution in [0.25, 0.3) is 0 Å². The van der Waals surface area contributed by atoms with Gasteiger partial charge in [0.15, 0.2) is 0 Å². The highest BCUT2D eigenvalue weighted by Crippen LogP contribution is 2.27. The first kappa shape index (κ1) is 17.3. The number of aromatic carboxylic acids is 1. The van der Waals surface area contributed by atoms with Crippen LogP contribution >= 0.6 is 11.6 Å². The molecule has 7 nitrogen and oxygen atoms in total. The van der Waals surface area contributed by atoms with Gasteiger partial charge in [-0.15, -0.1) is 0 Å². The number of halogens is 1. The normalized spacial score (nSPS) is 15.2. The van der Waals surface area contributed by atoms with E-state index in [9.17, 15) is 9.59 Å². The monoisotopic (exact) mass is 363 g/mol. The van der Waals surface area contributed by atoms with Gasteiger partial charge in [-0.3, -0.25) is 9.48 Å². The number of carbonyl (C=O) groups is 2. The number of amides is 1. The van der Waals surface area contributed by atoms with E-state index in [0.717, 1.165) is 0 Å². The number of carboxylic acids is 1. The fourth-order valence-electron chi connectivity index (χ4n) is 3.00. The van der Waals surface area contributed by atoms with Gasteiger partial charge in [0, 0.05) is 24.3 Å². The van der Waals surface area contributed by atoms with E-state index in [2.05, 4.69) is 5.10 Å². The number of aromatic nitrogens is 2. The predicted octanol–water partition coefficient (Wildman–Crippen LogP) is 2.72. The van der Waals surface area contributed by atoms with Crippen molar-refractivity contribution < 1.29 is 19.4 Å². The molecule has 132 valence electrons. The lowest BCUT2D eigenvalue weighted by Gasteiger charge is -2.32. The highest BCUT2D eigenvalue weighted by Gasteiger charge is 2.27. The molecule has 0 radical (unpaired) electrons. The first-order chi connectivity index (χ1) is 12.0. The summed E-state index contributed by atoms with van der Waals surface area (Å²) < 4.78 is 6.92. The van der Waals surface area contributed by atoms with Gasteiger partial charge in [0.1, 0.15) is 5.75 Å². The molecule has 0 saturated carbocycles. The summed E-state index contributed by atoms with van der Waals surface area (Å²) in [6, 6.07) is 5.06. The molecule has 1 saturated heterocycles. The molecule has 3 rings (SSSR count). The van der Waals surface area contributed by atoms with E-state index in [-0.39, 0.29) is 17.5 Å². The third kappa shape index (κ3) is 3.61. The fourth-order valence-corrected chi connectivity index (χ4v) is 3.17. The van der Waals surface area contributed by atoms with Gasteiger partial charge in [-0.05, 0) is 31.0 Å². The molecule has 1 N–H and O–H groups in total. The number of benzene rings is 1. The lowest BCUT2D eigenvalue weighted by Crippen LogP contribution is -2.39. The van der Waals surface area contributed by atoms with E-state index in [1.807, 2.05) is 0 Å². The third-order valence-corrected chi connectivity index (χ3v) is 4.60. The Kier molecular flexibility index (Phi) is 4.94. The summed E-state index contributed by atoms with van der Waals surface area (Å²) in [5.74, 6) is -0.619. The number of carboxylic acid groups (broad SMARTS) is 1. The zero-order valence-corrected chi connectivity index (χ0v) is 14.4. The SMILES string of the molecule is COc1ccc(Cl)cc1C(=O)N1CCC(n2cc(C(=O)O)cn2)CC1. The quantitative estimate of drug-likeness (QED) is 0.902. The molecular formula is C17H18ClN3O4. The summed E-state index contributed by atoms with van der Waals surface area (Å²) in [6.07, 6.45) is 4.28. The minimum Gasteiger partial charge on any atom is -0.496 e. The second-order valence-electron chi connectivity index (χ2n) is 5.88. The van der Waals surface area contributed by atoms with Gasteiger partial charge in [0.25, 0.3) is 5.91 Å². The Morgan fingerprint density at radius 1 is 1.32 bits per heavy atom. The maximum atomic E-state index is 12.8. The summed E-state index contributed by atoms with van der Waals surface area (Å²) in [7, 11) is 1.52. The van der Waals surface area contributed by atoms with Crippen LogP contribution in [0.2, 0.25) is 5.02 Å². The summed E-state index contributed by atoms with van der Waals surface area (Å²) in [5.41, 5.74) is 0.614. The lowest BCUT2D eigenvalue weighted by atomic mass is 10.0. The fraction of sp³-hybridized carbons (Fsp3) is 0.353. The van der Waals surface area contributed by atoms with Crippen molar-refractivity contribution in [2.75, 3.05) is 20.2 Å². The smallest absolute Gasteiger partial charge is 0.338 e. The first-order valence-corrected chi connectivity index (χ1v) is 8.27. The molecule has 1 aromatic carbocycles. The van der Waals surface area contributed by atoms with E-state index in [1.165, 1.54) is 19.5 Å². The number of carbonyl (C=O) groups excluding carboxylic acids is 1. The van der Waals surface area contributed by atoms with Crippen molar-refractivity contribution in [1.29, 1.82) is 0 Å². The Balaban J connectivity index is 1.68. The van der Waals surface area contributed by atoms with Crippen LogP contribution in [-0.2, 0) is 0 Å². The predicted molar refractivity (Wildman–Crippen MR) is 91.4 cm³/mol. The molecule has 1 aromatic heterocycles. The number of hydrogen-bond donors (Lipinski definition) is 1. The van der Waals surface area contributed by atoms with Crippen LogP contribution < -0.4 is 4.74 Å². The lowest BCUT2D eigenvalue weighted by molar-refractivity contribution is 0.0685. The van der Waals surface area contributed by atoms with Gasteiger partial charge in [-0.1, -0.05) is 11.6 Å². The first-order valence-electron chi connectivity index (χ1n) is 7.90. The Morgan fingerprint density at radius 3 is 2.64 bits per heavy atom. The van der Waals surface area contributed by atoms with E-state index < -0.39 is 5.97 Å². The molecule has 25 heavy (non-hydrogen) atoms. The Labute approximate surface area is 149 Å². The zero-order chi connectivity index (χ0) is 18.0. The standard InChI is InChI=1S/C17H18ClN3O4/c1-25-15-3-2-12(18)8-14(15)16(22)20-6-4-13(5-7-20)21-10-11(9-19-21)17(23)24/h2-3,8-10,13H,4-7H2,1H3,(H,23,24). The van der Waals surface area contributed by atoms with Crippen molar-refractivity contribution in [2.24, 2.45) is 0 Å². The van der Waals surface area contributed by atoms with Crippen molar-refractivity contribution in [3.8, 4) is 5.75 Å². The van der Waals surface area contributed by atoms with Crippen molar-refractivity contribution in [3.63, 3.8) is 0 Å². The van der Waals surface area contributed by atoms with E-state index >= 15 is 0 Å². The number of ether oxygens (including phenoxy) is 1. The van der Waals surface area contributed by atoms with Crippen molar-refractivity contribution in [1.82, 2.24) is 14.7 Å². The summed E-state index contributed by atoms with van der Waals surface area (Å²) in [4.78, 5) is 25.5. The highest BCUT2D eigenvalue weighted by molar-refractivity contribution is 6.31. The summed E-state index contributed by atoms with van der Waals surface area (Å²) >= 11 is 6.00. The molecular weight excluding hydrogens is 346 g/mol. The number of piperidine rings is 1. The molecule has 0 bridgehead atoms. The molecule has 0 aliphatic carbocycles. The molecule has 0 atom stereocenters. The average molecular weight is 364 g/mol. The third-order valence-electron chi connectivity index (χ3n) is 4.37. The maximum absolute atomic E-state index is 12.8. The van der Waals surface area contributed by atoms with Crippen LogP contribution in [0.3, 0.4) is 0 Å². The molecule has 8 heteroatoms. The van der Waals surface area contributed by atoms with Gasteiger partial charge in [0.05, 0.1) is 30.5 Å².